The number of benzene rings is 2. The Morgan fingerprint density at radius 1 is 1.16 bits per heavy atom. The van der Waals surface area contributed by atoms with Gasteiger partial charge in [0.15, 0.2) is 0 Å². The van der Waals surface area contributed by atoms with Gasteiger partial charge in [0.05, 0.1) is 12.3 Å². The van der Waals surface area contributed by atoms with Crippen LogP contribution < -0.4 is 9.72 Å². The minimum Gasteiger partial charge on any atom is -0.466 e. The van der Waals surface area contributed by atoms with E-state index in [1.807, 2.05) is 66.8 Å². The summed E-state index contributed by atoms with van der Waals surface area (Å²) in [6.07, 6.45) is 0.715. The largest absolute Gasteiger partial charge is 0.466 e. The number of hydrogen-bond donors (Lipinski definition) is 2. The van der Waals surface area contributed by atoms with Crippen LogP contribution in [0.1, 0.15) is 35.6 Å². The molecule has 2 aromatic heterocycles. The first-order valence-corrected chi connectivity index (χ1v) is 10.4. The maximum absolute atomic E-state index is 12.1. The Balaban J connectivity index is 1.96. The number of ether oxygens (including phenoxy) is 1. The maximum atomic E-state index is 12.1. The number of hydrogen-bond acceptors (Lipinski definition) is 4. The van der Waals surface area contributed by atoms with Gasteiger partial charge in [-0.15, -0.1) is 0 Å². The molecule has 0 saturated heterocycles. The molecule has 0 aliphatic carbocycles. The Morgan fingerprint density at radius 2 is 1.90 bits per heavy atom. The number of nitriles is 1. The summed E-state index contributed by atoms with van der Waals surface area (Å²) in [6.45, 7) is 6.14. The third-order valence-electron chi connectivity index (χ3n) is 5.51. The number of imidazole rings is 1. The smallest absolute Gasteiger partial charge is 0.306 e. The van der Waals surface area contributed by atoms with Crippen molar-refractivity contribution in [2.45, 2.75) is 33.6 Å². The molecule has 6 heteroatoms. The molecule has 31 heavy (non-hydrogen) atoms. The summed E-state index contributed by atoms with van der Waals surface area (Å²) >= 11 is 0. The van der Waals surface area contributed by atoms with Gasteiger partial charge in [-0.3, -0.25) is 15.1 Å². The highest BCUT2D eigenvalue weighted by Crippen LogP contribution is 2.28. The average molecular weight is 414 g/mol. The van der Waals surface area contributed by atoms with Crippen molar-refractivity contribution in [3.05, 3.63) is 70.8 Å². The van der Waals surface area contributed by atoms with Gasteiger partial charge >= 0.3 is 5.97 Å². The van der Waals surface area contributed by atoms with Crippen LogP contribution in [0.25, 0.3) is 16.7 Å². The Labute approximate surface area is 181 Å². The van der Waals surface area contributed by atoms with Crippen LogP contribution >= 0.6 is 0 Å². The van der Waals surface area contributed by atoms with Gasteiger partial charge in [-0.2, -0.15) is 9.66 Å². The summed E-state index contributed by atoms with van der Waals surface area (Å²) in [5.41, 5.74) is 7.09. The molecule has 2 heterocycles. The van der Waals surface area contributed by atoms with E-state index in [4.69, 9.17) is 4.74 Å². The van der Waals surface area contributed by atoms with Gasteiger partial charge in [0.25, 0.3) is 0 Å². The lowest BCUT2D eigenvalue weighted by Gasteiger charge is -2.14. The number of carbonyl (C=O) groups is 1. The molecule has 4 rings (SSSR count). The number of rotatable bonds is 6. The number of nitrogens with zero attached hydrogens (tertiary/aromatic N) is 2. The van der Waals surface area contributed by atoms with Crippen molar-refractivity contribution in [2.24, 2.45) is 0 Å². The minimum atomic E-state index is -0.245. The zero-order valence-electron chi connectivity index (χ0n) is 18.0. The molecule has 4 aromatic rings. The van der Waals surface area contributed by atoms with Crippen LogP contribution in [0, 0.1) is 25.2 Å². The second-order valence-corrected chi connectivity index (χ2v) is 7.56. The molecular formula is C25H25N4O2+. The van der Waals surface area contributed by atoms with E-state index < -0.39 is 0 Å². The molecule has 0 aliphatic rings. The molecule has 156 valence electrons. The standard InChI is InChI=1S/C25H24N4O2/c1-4-31-23(30)14-13-19-17(3)20(15-26)25-28-21-7-5-6-8-22(21)29(25)24(19)27-18-11-9-16(2)10-12-18/h5-12H,4,13-14H2,1-3H3,(H,27,28)/p+1. The zero-order valence-corrected chi connectivity index (χ0v) is 18.0. The van der Waals surface area contributed by atoms with E-state index in [1.54, 1.807) is 6.92 Å². The molecule has 6 nitrogen and oxygen atoms in total. The van der Waals surface area contributed by atoms with Crippen molar-refractivity contribution in [2.75, 3.05) is 11.9 Å². The summed E-state index contributed by atoms with van der Waals surface area (Å²) in [7, 11) is 0. The lowest BCUT2D eigenvalue weighted by Crippen LogP contribution is -2.29. The third-order valence-corrected chi connectivity index (χ3v) is 5.51. The lowest BCUT2D eigenvalue weighted by molar-refractivity contribution is -0.465. The van der Waals surface area contributed by atoms with E-state index in [9.17, 15) is 10.1 Å². The fraction of sp³-hybridized carbons (Fsp3) is 0.240. The summed E-state index contributed by atoms with van der Waals surface area (Å²) in [5, 5.41) is 13.5. The first kappa shape index (κ1) is 20.4. The molecule has 0 unspecified atom stereocenters. The molecule has 0 bridgehead atoms. The van der Waals surface area contributed by atoms with Crippen molar-refractivity contribution in [3.63, 3.8) is 0 Å². The van der Waals surface area contributed by atoms with Gasteiger partial charge in [0.2, 0.25) is 11.5 Å². The molecular weight excluding hydrogens is 388 g/mol. The summed E-state index contributed by atoms with van der Waals surface area (Å²) < 4.78 is 7.18. The number of nitrogens with one attached hydrogen (secondary N) is 2. The van der Waals surface area contributed by atoms with Gasteiger partial charge < -0.3 is 4.74 Å². The average Bonchev–Trinajstić information content (AvgIpc) is 3.14. The number of aromatic amines is 1. The van der Waals surface area contributed by atoms with Crippen LogP contribution in [0.2, 0.25) is 0 Å². The highest BCUT2D eigenvalue weighted by atomic mass is 16.5. The van der Waals surface area contributed by atoms with Crippen molar-refractivity contribution in [1.82, 2.24) is 4.98 Å². The van der Waals surface area contributed by atoms with Crippen LogP contribution in [-0.4, -0.2) is 17.6 Å². The van der Waals surface area contributed by atoms with Crippen molar-refractivity contribution in [3.8, 4) is 6.07 Å². The Kier molecular flexibility index (Phi) is 5.59. The number of anilines is 2. The van der Waals surface area contributed by atoms with Crippen LogP contribution in [0.4, 0.5) is 11.5 Å². The number of carbonyl (C=O) groups excluding carboxylic acids is 1. The van der Waals surface area contributed by atoms with Gasteiger partial charge in [0.1, 0.15) is 22.7 Å². The molecule has 0 spiro atoms. The van der Waals surface area contributed by atoms with Gasteiger partial charge in [0, 0.05) is 12.0 Å². The monoisotopic (exact) mass is 413 g/mol. The van der Waals surface area contributed by atoms with Gasteiger partial charge in [-0.1, -0.05) is 29.8 Å². The number of para-hydroxylation sites is 2. The van der Waals surface area contributed by atoms with Crippen LogP contribution in [0.5, 0.6) is 0 Å². The Bertz CT molecular complexity index is 1310. The lowest BCUT2D eigenvalue weighted by atomic mass is 10.00. The second-order valence-electron chi connectivity index (χ2n) is 7.56. The number of fused-ring (bicyclic) bond motifs is 3. The van der Waals surface area contributed by atoms with Gasteiger partial charge in [-0.25, -0.2) is 0 Å². The Hall–Kier alpha value is -3.85. The number of esters is 1. The van der Waals surface area contributed by atoms with Crippen molar-refractivity contribution < 1.29 is 13.9 Å². The number of aryl methyl sites for hydroxylation is 1. The quantitative estimate of drug-likeness (QED) is 0.357. The normalized spacial score (nSPS) is 10.9. The number of pyridine rings is 1. The van der Waals surface area contributed by atoms with E-state index >= 15 is 0 Å². The van der Waals surface area contributed by atoms with Crippen LogP contribution in [-0.2, 0) is 16.0 Å². The molecule has 0 amide bonds. The highest BCUT2D eigenvalue weighted by molar-refractivity contribution is 5.79. The zero-order chi connectivity index (χ0) is 22.0. The molecule has 2 N–H and O–H groups in total. The SMILES string of the molecule is CCOC(=O)CCc1c(C)c(C#N)c2[nH]c3ccccc3[n+]2c1Nc1ccc(C)cc1. The van der Waals surface area contributed by atoms with Crippen molar-refractivity contribution >= 4 is 34.2 Å². The molecule has 2 aromatic carbocycles. The molecule has 0 aliphatic heterocycles. The topological polar surface area (TPSA) is 82.0 Å². The Morgan fingerprint density at radius 3 is 2.61 bits per heavy atom. The minimum absolute atomic E-state index is 0.245. The first-order chi connectivity index (χ1) is 15.0. The third kappa shape index (κ3) is 3.82. The number of aromatic nitrogens is 2. The maximum Gasteiger partial charge on any atom is 0.306 e. The molecule has 0 radical (unpaired) electrons. The molecule has 0 fully saturated rings. The second kappa shape index (κ2) is 8.49. The molecule has 0 saturated carbocycles. The van der Waals surface area contributed by atoms with Crippen LogP contribution in [0.15, 0.2) is 48.5 Å². The van der Waals surface area contributed by atoms with Gasteiger partial charge in [-0.05, 0) is 57.0 Å². The fourth-order valence-corrected chi connectivity index (χ4v) is 3.93. The van der Waals surface area contributed by atoms with E-state index in [2.05, 4.69) is 16.4 Å². The summed E-state index contributed by atoms with van der Waals surface area (Å²) in [5.74, 6) is 0.600. The van der Waals surface area contributed by atoms with E-state index in [1.165, 1.54) is 5.56 Å². The van der Waals surface area contributed by atoms with E-state index in [0.717, 1.165) is 39.3 Å². The predicted molar refractivity (Wildman–Crippen MR) is 120 cm³/mol. The number of H-pyrrole nitrogens is 1. The fourth-order valence-electron chi connectivity index (χ4n) is 3.93. The highest BCUT2D eigenvalue weighted by Gasteiger charge is 2.26. The van der Waals surface area contributed by atoms with E-state index in [0.29, 0.717) is 18.6 Å². The molecule has 0 atom stereocenters. The summed E-state index contributed by atoms with van der Waals surface area (Å²) in [6, 6.07) is 18.5. The van der Waals surface area contributed by atoms with Crippen LogP contribution in [0.3, 0.4) is 0 Å². The first-order valence-electron chi connectivity index (χ1n) is 10.4. The summed E-state index contributed by atoms with van der Waals surface area (Å²) in [4.78, 5) is 15.5. The predicted octanol–water partition coefficient (Wildman–Crippen LogP) is 4.63. The van der Waals surface area contributed by atoms with Crippen molar-refractivity contribution in [1.29, 1.82) is 5.26 Å². The van der Waals surface area contributed by atoms with E-state index in [-0.39, 0.29) is 12.4 Å².